The second-order valence-corrected chi connectivity index (χ2v) is 27.2. The lowest BCUT2D eigenvalue weighted by molar-refractivity contribution is -0.161. The summed E-state index contributed by atoms with van der Waals surface area (Å²) in [7, 11) is 2.20. The number of esters is 4. The molecule has 4 saturated heterocycles. The van der Waals surface area contributed by atoms with Gasteiger partial charge in [-0.15, -0.1) is 22.7 Å². The minimum Gasteiger partial charge on any atom is -0.461 e. The van der Waals surface area contributed by atoms with Gasteiger partial charge in [0.2, 0.25) is 0 Å². The zero-order valence-corrected chi connectivity index (χ0v) is 49.5. The molecule has 0 aromatic carbocycles. The second kappa shape index (κ2) is 27.1. The van der Waals surface area contributed by atoms with Crippen LogP contribution in [0.2, 0.25) is 0 Å². The van der Waals surface area contributed by atoms with Gasteiger partial charge in [-0.05, 0) is 88.5 Å². The molecule has 6 rings (SSSR count). The van der Waals surface area contributed by atoms with Crippen molar-refractivity contribution in [2.75, 3.05) is 11.5 Å². The molecule has 0 bridgehead atoms. The highest BCUT2D eigenvalue weighted by Gasteiger charge is 2.48. The first kappa shape index (κ1) is 61.7. The number of aryl methyl sites for hydroxylation is 2. The lowest BCUT2D eigenvalue weighted by Gasteiger charge is -2.36. The van der Waals surface area contributed by atoms with Crippen molar-refractivity contribution >= 4 is 91.9 Å². The molecule has 0 unspecified atom stereocenters. The number of carbonyl (C=O) groups excluding carboxylic acids is 6. The number of rotatable bonds is 11. The molecule has 16 nitrogen and oxygen atoms in total. The number of aliphatic hydroxyl groups is 2. The predicted molar refractivity (Wildman–Crippen MR) is 295 cm³/mol. The molecule has 2 aromatic heterocycles. The molecule has 0 amide bonds. The number of carbonyl (C=O) groups is 6. The van der Waals surface area contributed by atoms with Crippen molar-refractivity contribution in [2.24, 2.45) is 34.5 Å². The number of ether oxygens (including phenoxy) is 6. The maximum Gasteiger partial charge on any atom is 0.317 e. The highest BCUT2D eigenvalue weighted by Crippen LogP contribution is 2.40. The molecule has 0 saturated carbocycles. The van der Waals surface area contributed by atoms with E-state index in [-0.39, 0.29) is 59.3 Å². The third kappa shape index (κ3) is 17.0. The molecule has 0 radical (unpaired) electrons. The highest BCUT2D eigenvalue weighted by molar-refractivity contribution is 8.77. The first-order valence-electron chi connectivity index (χ1n) is 26.7. The van der Waals surface area contributed by atoms with Gasteiger partial charge in [0.1, 0.15) is 47.5 Å². The summed E-state index contributed by atoms with van der Waals surface area (Å²) in [6.45, 7) is 21.2. The van der Waals surface area contributed by atoms with Crippen molar-refractivity contribution in [1.29, 1.82) is 0 Å². The van der Waals surface area contributed by atoms with Crippen molar-refractivity contribution in [2.45, 2.75) is 208 Å². The first-order valence-corrected chi connectivity index (χ1v) is 31.0. The van der Waals surface area contributed by atoms with Gasteiger partial charge < -0.3 is 38.6 Å². The Labute approximate surface area is 464 Å². The molecule has 0 aliphatic carbocycles. The third-order valence-corrected chi connectivity index (χ3v) is 19.4. The van der Waals surface area contributed by atoms with Crippen LogP contribution >= 0.6 is 44.3 Å². The smallest absolute Gasteiger partial charge is 0.317 e. The lowest BCUT2D eigenvalue weighted by atomic mass is 9.73. The van der Waals surface area contributed by atoms with Crippen molar-refractivity contribution in [3.05, 3.63) is 43.3 Å². The van der Waals surface area contributed by atoms with Crippen LogP contribution < -0.4 is 0 Å². The fraction of sp³-hybridized carbons (Fsp3) is 0.714. The molecule has 20 heteroatoms. The van der Waals surface area contributed by atoms with E-state index in [0.29, 0.717) is 25.7 Å². The molecule has 2 aromatic rings. The Morgan fingerprint density at radius 3 is 1.36 bits per heavy atom. The number of hydrogen-bond acceptors (Lipinski definition) is 20. The number of nitrogens with zero attached hydrogens (tertiary/aromatic N) is 2. The average molecular weight is 1130 g/mol. The number of fused-ring (bicyclic) bond motifs is 2. The van der Waals surface area contributed by atoms with Crippen LogP contribution in [0.25, 0.3) is 12.2 Å². The summed E-state index contributed by atoms with van der Waals surface area (Å²) in [5.74, 6) is -5.68. The maximum atomic E-state index is 14.3. The van der Waals surface area contributed by atoms with Crippen LogP contribution in [0.3, 0.4) is 0 Å². The van der Waals surface area contributed by atoms with Gasteiger partial charge in [-0.25, -0.2) is 9.97 Å². The van der Waals surface area contributed by atoms with E-state index < -0.39 is 96.0 Å². The monoisotopic (exact) mass is 1130 g/mol. The third-order valence-electron chi connectivity index (χ3n) is 15.7. The molecular weight excluding hydrogens is 1050 g/mol. The Bertz CT molecular complexity index is 2270. The fourth-order valence-corrected chi connectivity index (χ4v) is 13.2. The summed E-state index contributed by atoms with van der Waals surface area (Å²) in [5.41, 5.74) is 0.339. The van der Waals surface area contributed by atoms with Crippen LogP contribution in [0.5, 0.6) is 0 Å². The molecule has 4 aliphatic rings. The van der Waals surface area contributed by atoms with Gasteiger partial charge >= 0.3 is 23.9 Å². The minimum atomic E-state index is -1.40. The van der Waals surface area contributed by atoms with Crippen molar-refractivity contribution in [3.63, 3.8) is 0 Å². The van der Waals surface area contributed by atoms with Crippen molar-refractivity contribution in [1.82, 2.24) is 9.97 Å². The summed E-state index contributed by atoms with van der Waals surface area (Å²) >= 11 is 3.05. The molecule has 76 heavy (non-hydrogen) atoms. The van der Waals surface area contributed by atoms with E-state index in [1.54, 1.807) is 41.5 Å². The predicted octanol–water partition coefficient (Wildman–Crippen LogP) is 9.67. The Balaban J connectivity index is 1.04. The van der Waals surface area contributed by atoms with Gasteiger partial charge in [-0.1, -0.05) is 89.8 Å². The van der Waals surface area contributed by atoms with Crippen LogP contribution in [0, 0.1) is 48.3 Å². The van der Waals surface area contributed by atoms with Gasteiger partial charge in [0, 0.05) is 23.6 Å². The van der Waals surface area contributed by atoms with Gasteiger partial charge in [0.15, 0.2) is 0 Å². The van der Waals surface area contributed by atoms with Crippen LogP contribution in [0.15, 0.2) is 21.9 Å². The molecule has 422 valence electrons. The number of hydrogen-bond donors (Lipinski definition) is 2. The van der Waals surface area contributed by atoms with E-state index in [1.807, 2.05) is 64.5 Å². The van der Waals surface area contributed by atoms with Crippen molar-refractivity contribution in [3.8, 4) is 0 Å². The quantitative estimate of drug-likeness (QED) is 0.0701. The van der Waals surface area contributed by atoms with Gasteiger partial charge in [-0.3, -0.25) is 28.8 Å². The number of thiazole rings is 2. The Morgan fingerprint density at radius 2 is 1.01 bits per heavy atom. The van der Waals surface area contributed by atoms with Crippen LogP contribution in [-0.2, 0) is 57.2 Å². The summed E-state index contributed by atoms with van der Waals surface area (Å²) < 4.78 is 36.2. The Morgan fingerprint density at radius 1 is 0.645 bits per heavy atom. The van der Waals surface area contributed by atoms with Gasteiger partial charge in [0.05, 0.1) is 93.5 Å². The fourth-order valence-electron chi connectivity index (χ4n) is 10.5. The standard InChI is InChI=1S/C56H80N2O14S4/c1-29-15-13-17-39-43(67-39)21-41(31(3)19-37-25-73-35(7)57-37)69-47(61)23-45(59)55(9,10)53(65)33(5)51(29)71-49(63)27-75-76-28-50(64)72-52-30(2)16-14-18-40-44(68-40)22-42(32(4)20-38-26-74-36(8)58-38)70-48(62)24-46(60)56(11,12)54(66)34(52)6/h19-20,25-26,29-30,33-34,39-46,51-52,59-60H,13-18,21-24,27-28H2,1-12H3/b31-19+,32-20+/t29-,30-,33+,34+,39+,40+,41-,42-,43-,44-,45-,46-,51-,52-/m0/s1. The normalized spacial score (nSPS) is 33.5. The van der Waals surface area contributed by atoms with E-state index >= 15 is 0 Å². The molecule has 14 atom stereocenters. The Hall–Kier alpha value is -3.50. The highest BCUT2D eigenvalue weighted by atomic mass is 33.1. The SMILES string of the molecule is C/C(=C\c1csc(C)n1)[C@@H]1C[C@@H]2O[C@@H]2CCC[C@H](C)[C@H](OC(=O)CSSCC(=O)O[C@H]2[C@@H](C)CCC[C@H]3O[C@H]3C[C@@H](/C(C)=C/c3csc(C)n3)OC(=O)C[C@H](O)C(C)(C)C(=O)[C@@H]2C)[C@@H](C)C(=O)C(C)(C)[C@@H](O)CC(=O)O1. The Kier molecular flexibility index (Phi) is 22.0. The number of aliphatic hydroxyl groups excluding tert-OH is 2. The largest absolute Gasteiger partial charge is 0.461 e. The van der Waals surface area contributed by atoms with E-state index in [1.165, 1.54) is 22.7 Å². The zero-order valence-electron chi connectivity index (χ0n) is 46.2. The number of aromatic nitrogens is 2. The molecule has 4 aliphatic heterocycles. The molecule has 4 fully saturated rings. The lowest BCUT2D eigenvalue weighted by Crippen LogP contribution is -2.47. The van der Waals surface area contributed by atoms with Crippen LogP contribution in [0.4, 0.5) is 0 Å². The topological polar surface area (TPSA) is 231 Å². The van der Waals surface area contributed by atoms with E-state index in [0.717, 1.165) is 79.8 Å². The summed E-state index contributed by atoms with van der Waals surface area (Å²) in [6, 6.07) is 0. The average Bonchev–Trinajstić information content (AvgIpc) is 4.19. The number of cyclic esters (lactones) is 2. The van der Waals surface area contributed by atoms with E-state index in [4.69, 9.17) is 28.4 Å². The van der Waals surface area contributed by atoms with Crippen molar-refractivity contribution < 1.29 is 67.4 Å². The molecular formula is C56H80N2O14S4. The van der Waals surface area contributed by atoms with E-state index in [2.05, 4.69) is 9.97 Å². The first-order chi connectivity index (χ1) is 35.7. The minimum absolute atomic E-state index is 0.0415. The van der Waals surface area contributed by atoms with E-state index in [9.17, 15) is 39.0 Å². The molecule has 6 heterocycles. The zero-order chi connectivity index (χ0) is 55.8. The summed E-state index contributed by atoms with van der Waals surface area (Å²) in [4.78, 5) is 91.6. The molecule has 2 N–H and O–H groups in total. The van der Waals surface area contributed by atoms with Gasteiger partial charge in [-0.2, -0.15) is 0 Å². The van der Waals surface area contributed by atoms with Crippen LogP contribution in [0.1, 0.15) is 155 Å². The summed E-state index contributed by atoms with van der Waals surface area (Å²) in [5, 5.41) is 28.6. The van der Waals surface area contributed by atoms with Crippen LogP contribution in [-0.4, -0.2) is 128 Å². The number of Topliss-reactive ketones (excluding diaryl/α,β-unsaturated/α-hetero) is 2. The molecule has 0 spiro atoms. The second-order valence-electron chi connectivity index (χ2n) is 22.7. The maximum absolute atomic E-state index is 14.3. The summed E-state index contributed by atoms with van der Waals surface area (Å²) in [6.07, 6.45) is 1.98. The number of ketones is 2. The van der Waals surface area contributed by atoms with Gasteiger partial charge in [0.25, 0.3) is 0 Å². The number of epoxide rings is 2.